The van der Waals surface area contributed by atoms with Crippen LogP contribution in [-0.4, -0.2) is 69.2 Å². The van der Waals surface area contributed by atoms with Crippen LogP contribution in [0.4, 0.5) is 4.79 Å². The van der Waals surface area contributed by atoms with Crippen molar-refractivity contribution < 1.29 is 53.0 Å². The molecule has 14 heteroatoms. The van der Waals surface area contributed by atoms with Crippen LogP contribution in [0.25, 0.3) is 11.1 Å². The third kappa shape index (κ3) is 6.67. The van der Waals surface area contributed by atoms with Crippen molar-refractivity contribution in [1.82, 2.24) is 10.6 Å². The lowest BCUT2D eigenvalue weighted by atomic mass is 9.98. The molecule has 0 saturated carbocycles. The molecule has 2 aromatic rings. The molecule has 0 heterocycles. The van der Waals surface area contributed by atoms with Gasteiger partial charge < -0.3 is 30.1 Å². The van der Waals surface area contributed by atoms with E-state index in [-0.39, 0.29) is 12.5 Å². The van der Waals surface area contributed by atoms with E-state index in [0.717, 1.165) is 22.3 Å². The molecule has 36 heavy (non-hydrogen) atoms. The van der Waals surface area contributed by atoms with E-state index in [1.165, 1.54) is 0 Å². The van der Waals surface area contributed by atoms with Gasteiger partial charge >= 0.3 is 25.9 Å². The second kappa shape index (κ2) is 11.3. The first-order valence-corrected chi connectivity index (χ1v) is 12.1. The molecule has 2 aromatic carbocycles. The van der Waals surface area contributed by atoms with E-state index in [2.05, 4.69) is 9.84 Å². The molecule has 6 N–H and O–H groups in total. The molecule has 2 amide bonds. The van der Waals surface area contributed by atoms with Gasteiger partial charge in [-0.15, -0.1) is 0 Å². The monoisotopic (exact) mass is 522 g/mol. The second-order valence-corrected chi connectivity index (χ2v) is 8.93. The van der Waals surface area contributed by atoms with Crippen molar-refractivity contribution in [2.75, 3.05) is 13.2 Å². The Hall–Kier alpha value is -3.77. The maximum absolute atomic E-state index is 12.5. The first kappa shape index (κ1) is 26.8. The summed E-state index contributed by atoms with van der Waals surface area (Å²) in [5.41, 5.74) is 3.78. The highest BCUT2D eigenvalue weighted by molar-refractivity contribution is 7.46. The van der Waals surface area contributed by atoms with Crippen LogP contribution in [0.5, 0.6) is 0 Å². The Bertz CT molecular complexity index is 1170. The van der Waals surface area contributed by atoms with Crippen molar-refractivity contribution in [3.8, 4) is 11.1 Å². The number of carboxylic acids is 1. The molecule has 3 rings (SSSR count). The number of phosphoric acid groups is 1. The van der Waals surface area contributed by atoms with Crippen LogP contribution >= 0.6 is 7.82 Å². The number of fused-ring (bicyclic) bond motifs is 3. The number of aliphatic hydroxyl groups excluding tert-OH is 1. The molecule has 1 aliphatic carbocycles. The molecule has 0 bridgehead atoms. The second-order valence-electron chi connectivity index (χ2n) is 7.76. The molecule has 0 aliphatic heterocycles. The lowest BCUT2D eigenvalue weighted by Gasteiger charge is -2.21. The smallest absolute Gasteiger partial charge is 0.480 e. The number of ether oxygens (including phenoxy) is 1. The number of carbonyl (C=O) groups is 4. The molecule has 0 radical (unpaired) electrons. The van der Waals surface area contributed by atoms with Gasteiger partial charge in [0.25, 0.3) is 0 Å². The SMILES string of the molecule is O=C(C[C@H](NC(=O)OCC1c2ccccc2-c2ccccc21)C(=O)N[C@@H](CO)C(=O)O)OP(=O)(O)O. The first-order valence-electron chi connectivity index (χ1n) is 10.5. The summed E-state index contributed by atoms with van der Waals surface area (Å²) in [5.74, 6) is -4.68. The van der Waals surface area contributed by atoms with E-state index in [1.807, 2.05) is 53.8 Å². The minimum absolute atomic E-state index is 0.143. The standard InChI is InChI=1S/C22H23N2O11P/c25-10-18(21(28)29)23-20(27)17(9-19(26)35-36(31,32)33)24-22(30)34-11-16-14-7-3-1-5-12(14)13-6-2-4-8-15(13)16/h1-8,16-18,25H,9-11H2,(H,23,27)(H,24,30)(H,28,29)(H2,31,32,33)/t17-,18-/m0/s1. The van der Waals surface area contributed by atoms with Crippen molar-refractivity contribution in [2.24, 2.45) is 0 Å². The predicted octanol–water partition coefficient (Wildman–Crippen LogP) is 0.481. The minimum Gasteiger partial charge on any atom is -0.480 e. The van der Waals surface area contributed by atoms with Gasteiger partial charge in [-0.1, -0.05) is 48.5 Å². The molecule has 1 aliphatic rings. The Morgan fingerprint density at radius 2 is 1.47 bits per heavy atom. The highest BCUT2D eigenvalue weighted by Crippen LogP contribution is 2.44. The summed E-state index contributed by atoms with van der Waals surface area (Å²) in [4.78, 5) is 65.5. The number of amides is 2. The summed E-state index contributed by atoms with van der Waals surface area (Å²) in [6.07, 6.45) is -2.21. The molecule has 0 aromatic heterocycles. The zero-order valence-electron chi connectivity index (χ0n) is 18.6. The van der Waals surface area contributed by atoms with Gasteiger partial charge in [-0.05, 0) is 22.3 Å². The highest BCUT2D eigenvalue weighted by Gasteiger charge is 2.33. The lowest BCUT2D eigenvalue weighted by molar-refractivity contribution is -0.143. The summed E-state index contributed by atoms with van der Waals surface area (Å²) >= 11 is 0. The number of benzene rings is 2. The fourth-order valence-corrected chi connectivity index (χ4v) is 4.13. The number of aliphatic carboxylic acids is 1. The van der Waals surface area contributed by atoms with E-state index in [0.29, 0.717) is 0 Å². The lowest BCUT2D eigenvalue weighted by Crippen LogP contribution is -2.53. The number of carboxylic acid groups (broad SMARTS) is 1. The van der Waals surface area contributed by atoms with E-state index in [4.69, 9.17) is 24.7 Å². The van der Waals surface area contributed by atoms with E-state index < -0.39 is 56.9 Å². The van der Waals surface area contributed by atoms with Gasteiger partial charge in [0, 0.05) is 5.92 Å². The summed E-state index contributed by atoms with van der Waals surface area (Å²) in [7, 11) is -5.24. The van der Waals surface area contributed by atoms with Crippen molar-refractivity contribution in [2.45, 2.75) is 24.4 Å². The van der Waals surface area contributed by atoms with Crippen LogP contribution in [0, 0.1) is 0 Å². The van der Waals surface area contributed by atoms with Gasteiger partial charge in [-0.25, -0.2) is 14.2 Å². The van der Waals surface area contributed by atoms with Crippen LogP contribution in [-0.2, 0) is 28.2 Å². The quantitative estimate of drug-likeness (QED) is 0.236. The number of hydrogen-bond donors (Lipinski definition) is 6. The van der Waals surface area contributed by atoms with Gasteiger partial charge in [0.2, 0.25) is 5.91 Å². The molecular formula is C22H23N2O11P. The van der Waals surface area contributed by atoms with Crippen LogP contribution in [0.15, 0.2) is 48.5 Å². The van der Waals surface area contributed by atoms with Gasteiger partial charge in [0.05, 0.1) is 13.0 Å². The van der Waals surface area contributed by atoms with Crippen molar-refractivity contribution in [3.05, 3.63) is 59.7 Å². The zero-order valence-corrected chi connectivity index (χ0v) is 19.5. The summed E-state index contributed by atoms with van der Waals surface area (Å²) in [6, 6.07) is 11.5. The number of rotatable bonds is 10. The molecular weight excluding hydrogens is 499 g/mol. The fraction of sp³-hybridized carbons (Fsp3) is 0.273. The van der Waals surface area contributed by atoms with E-state index in [1.54, 1.807) is 0 Å². The first-order chi connectivity index (χ1) is 17.0. The molecule has 0 fully saturated rings. The maximum Gasteiger partial charge on any atom is 0.526 e. The Balaban J connectivity index is 1.71. The summed E-state index contributed by atoms with van der Waals surface area (Å²) in [6.45, 7) is -1.14. The third-order valence-electron chi connectivity index (χ3n) is 5.34. The van der Waals surface area contributed by atoms with Gasteiger partial charge in [0.1, 0.15) is 18.7 Å². The number of aliphatic hydroxyl groups is 1. The average Bonchev–Trinajstić information content (AvgIpc) is 3.13. The zero-order chi connectivity index (χ0) is 26.5. The number of alkyl carbamates (subject to hydrolysis) is 1. The van der Waals surface area contributed by atoms with Gasteiger partial charge in [-0.3, -0.25) is 19.4 Å². The topological polar surface area (TPSA) is 209 Å². The Morgan fingerprint density at radius 1 is 0.917 bits per heavy atom. The number of hydrogen-bond acceptors (Lipinski definition) is 8. The third-order valence-corrected chi connectivity index (χ3v) is 5.78. The Morgan fingerprint density at radius 3 is 1.97 bits per heavy atom. The molecule has 13 nitrogen and oxygen atoms in total. The van der Waals surface area contributed by atoms with Gasteiger partial charge in [-0.2, -0.15) is 0 Å². The number of nitrogens with one attached hydrogen (secondary N) is 2. The summed E-state index contributed by atoms with van der Waals surface area (Å²) < 4.78 is 20.1. The van der Waals surface area contributed by atoms with Crippen molar-refractivity contribution >= 4 is 31.8 Å². The Kier molecular flexibility index (Phi) is 8.43. The van der Waals surface area contributed by atoms with Crippen molar-refractivity contribution in [3.63, 3.8) is 0 Å². The number of carbonyl (C=O) groups excluding carboxylic acids is 3. The number of phosphoric ester groups is 1. The summed E-state index contributed by atoms with van der Waals surface area (Å²) in [5, 5.41) is 22.1. The maximum atomic E-state index is 12.5. The molecule has 2 atom stereocenters. The van der Waals surface area contributed by atoms with E-state index >= 15 is 0 Å². The molecule has 192 valence electrons. The van der Waals surface area contributed by atoms with Crippen LogP contribution < -0.4 is 10.6 Å². The minimum atomic E-state index is -5.24. The fourth-order valence-electron chi connectivity index (χ4n) is 3.79. The largest absolute Gasteiger partial charge is 0.526 e. The molecule has 0 unspecified atom stereocenters. The normalized spacial score (nSPS) is 14.1. The predicted molar refractivity (Wildman–Crippen MR) is 121 cm³/mol. The van der Waals surface area contributed by atoms with Crippen LogP contribution in [0.2, 0.25) is 0 Å². The van der Waals surface area contributed by atoms with Crippen LogP contribution in [0.3, 0.4) is 0 Å². The molecule has 0 saturated heterocycles. The van der Waals surface area contributed by atoms with Crippen molar-refractivity contribution in [1.29, 1.82) is 0 Å². The Labute approximate surface area is 204 Å². The molecule has 0 spiro atoms. The van der Waals surface area contributed by atoms with E-state index in [9.17, 15) is 23.7 Å². The highest BCUT2D eigenvalue weighted by atomic mass is 31.2. The van der Waals surface area contributed by atoms with Crippen LogP contribution in [0.1, 0.15) is 23.5 Å². The average molecular weight is 522 g/mol. The van der Waals surface area contributed by atoms with Gasteiger partial charge in [0.15, 0.2) is 0 Å².